The maximum absolute atomic E-state index is 6.59. The van der Waals surface area contributed by atoms with Gasteiger partial charge in [0.25, 0.3) is 0 Å². The fourth-order valence-corrected chi connectivity index (χ4v) is 7.81. The van der Waals surface area contributed by atoms with Crippen LogP contribution in [0.1, 0.15) is 0 Å². The van der Waals surface area contributed by atoms with E-state index in [0.717, 1.165) is 82.8 Å². The Morgan fingerprint density at radius 3 is 1.94 bits per heavy atom. The van der Waals surface area contributed by atoms with Crippen molar-refractivity contribution in [3.05, 3.63) is 182 Å². The largest absolute Gasteiger partial charge is 0.456 e. The van der Waals surface area contributed by atoms with Crippen molar-refractivity contribution in [2.45, 2.75) is 0 Å². The van der Waals surface area contributed by atoms with E-state index in [1.54, 1.807) is 4.80 Å². The van der Waals surface area contributed by atoms with Crippen LogP contribution in [0.15, 0.2) is 186 Å². The highest BCUT2D eigenvalue weighted by Crippen LogP contribution is 2.42. The van der Waals surface area contributed by atoms with E-state index in [1.807, 2.05) is 30.3 Å². The monoisotopic (exact) mass is 678 g/mol. The Balaban J connectivity index is 1.14. The number of fused-ring (bicyclic) bond motifs is 9. The molecule has 0 aliphatic heterocycles. The molecule has 0 unspecified atom stereocenters. The molecule has 5 heteroatoms. The summed E-state index contributed by atoms with van der Waals surface area (Å²) in [5.41, 5.74) is 9.80. The lowest BCUT2D eigenvalue weighted by atomic mass is 9.99. The molecule has 0 amide bonds. The van der Waals surface area contributed by atoms with Gasteiger partial charge in [0, 0.05) is 39.3 Å². The van der Waals surface area contributed by atoms with Gasteiger partial charge in [-0.2, -0.15) is 4.80 Å². The molecule has 0 aliphatic carbocycles. The summed E-state index contributed by atoms with van der Waals surface area (Å²) in [5, 5.41) is 19.0. The number of anilines is 3. The van der Waals surface area contributed by atoms with E-state index in [4.69, 9.17) is 14.6 Å². The molecule has 0 atom stereocenters. The minimum atomic E-state index is 0.850. The van der Waals surface area contributed by atoms with Crippen LogP contribution in [-0.2, 0) is 0 Å². The number of rotatable bonds is 5. The normalized spacial score (nSPS) is 11.8. The molecular formula is C48H30N4O. The highest BCUT2D eigenvalue weighted by Gasteiger charge is 2.19. The summed E-state index contributed by atoms with van der Waals surface area (Å²) in [7, 11) is 0. The van der Waals surface area contributed by atoms with Crippen molar-refractivity contribution >= 4 is 82.4 Å². The number of para-hydroxylation sites is 1. The first-order chi connectivity index (χ1) is 26.2. The zero-order chi connectivity index (χ0) is 34.9. The maximum Gasteiger partial charge on any atom is 0.137 e. The summed E-state index contributed by atoms with van der Waals surface area (Å²) in [4.78, 5) is 4.06. The van der Waals surface area contributed by atoms with Gasteiger partial charge in [-0.05, 0) is 105 Å². The zero-order valence-electron chi connectivity index (χ0n) is 28.5. The van der Waals surface area contributed by atoms with Gasteiger partial charge in [-0.1, -0.05) is 109 Å². The van der Waals surface area contributed by atoms with Gasteiger partial charge in [-0.25, -0.2) is 0 Å². The number of nitrogens with zero attached hydrogens (tertiary/aromatic N) is 4. The molecule has 2 aromatic heterocycles. The van der Waals surface area contributed by atoms with E-state index in [-0.39, 0.29) is 0 Å². The van der Waals surface area contributed by atoms with Crippen LogP contribution in [0.25, 0.3) is 82.1 Å². The van der Waals surface area contributed by atoms with Gasteiger partial charge in [-0.15, -0.1) is 10.2 Å². The molecule has 11 rings (SSSR count). The van der Waals surface area contributed by atoms with Crippen molar-refractivity contribution in [2.24, 2.45) is 0 Å². The summed E-state index contributed by atoms with van der Waals surface area (Å²) >= 11 is 0. The number of aromatic nitrogens is 3. The van der Waals surface area contributed by atoms with E-state index in [1.165, 1.54) is 16.3 Å². The number of hydrogen-bond acceptors (Lipinski definition) is 4. The summed E-state index contributed by atoms with van der Waals surface area (Å²) in [6.45, 7) is 0. The molecule has 0 saturated carbocycles. The first-order valence-electron chi connectivity index (χ1n) is 17.8. The second-order valence-electron chi connectivity index (χ2n) is 13.6. The van der Waals surface area contributed by atoms with Gasteiger partial charge >= 0.3 is 0 Å². The molecule has 0 aliphatic rings. The van der Waals surface area contributed by atoms with Crippen molar-refractivity contribution < 1.29 is 4.42 Å². The molecule has 53 heavy (non-hydrogen) atoms. The molecule has 9 aromatic carbocycles. The topological polar surface area (TPSA) is 47.1 Å². The molecule has 0 bridgehead atoms. The number of benzene rings is 9. The highest BCUT2D eigenvalue weighted by molar-refractivity contribution is 6.19. The summed E-state index contributed by atoms with van der Waals surface area (Å²) in [5.74, 6) is 0. The maximum atomic E-state index is 6.59. The quantitative estimate of drug-likeness (QED) is 0.170. The second-order valence-corrected chi connectivity index (χ2v) is 13.6. The number of hydrogen-bond donors (Lipinski definition) is 0. The predicted octanol–water partition coefficient (Wildman–Crippen LogP) is 12.9. The fourth-order valence-electron chi connectivity index (χ4n) is 7.81. The van der Waals surface area contributed by atoms with Crippen LogP contribution in [0, 0.1) is 0 Å². The molecule has 0 spiro atoms. The molecule has 0 saturated heterocycles. The minimum absolute atomic E-state index is 0.850. The Labute approximate surface area is 304 Å². The minimum Gasteiger partial charge on any atom is -0.456 e. The average Bonchev–Trinajstić information content (AvgIpc) is 3.82. The second kappa shape index (κ2) is 11.7. The fraction of sp³-hybridized carbons (Fsp3) is 0. The molecular weight excluding hydrogens is 649 g/mol. The lowest BCUT2D eigenvalue weighted by molar-refractivity contribution is 0.669. The van der Waals surface area contributed by atoms with Crippen LogP contribution in [0.5, 0.6) is 0 Å². The van der Waals surface area contributed by atoms with Crippen LogP contribution >= 0.6 is 0 Å². The van der Waals surface area contributed by atoms with Crippen molar-refractivity contribution in [2.75, 3.05) is 4.90 Å². The average molecular weight is 679 g/mol. The lowest BCUT2D eigenvalue weighted by Crippen LogP contribution is -2.10. The number of furan rings is 1. The third-order valence-corrected chi connectivity index (χ3v) is 10.4. The Bertz CT molecular complexity index is 3180. The predicted molar refractivity (Wildman–Crippen MR) is 219 cm³/mol. The molecule has 248 valence electrons. The van der Waals surface area contributed by atoms with E-state index < -0.39 is 0 Å². The molecule has 5 nitrogen and oxygen atoms in total. The Hall–Kier alpha value is -7.24. The van der Waals surface area contributed by atoms with Crippen LogP contribution in [0.2, 0.25) is 0 Å². The van der Waals surface area contributed by atoms with Crippen molar-refractivity contribution in [1.82, 2.24) is 15.0 Å². The van der Waals surface area contributed by atoms with Gasteiger partial charge in [0.1, 0.15) is 22.2 Å². The molecule has 0 N–H and O–H groups in total. The van der Waals surface area contributed by atoms with E-state index >= 15 is 0 Å². The highest BCUT2D eigenvalue weighted by atomic mass is 16.3. The van der Waals surface area contributed by atoms with E-state index in [0.29, 0.717) is 0 Å². The molecule has 0 radical (unpaired) electrons. The van der Waals surface area contributed by atoms with Crippen molar-refractivity contribution in [3.8, 4) is 16.8 Å². The van der Waals surface area contributed by atoms with Gasteiger partial charge in [-0.3, -0.25) is 0 Å². The first-order valence-corrected chi connectivity index (χ1v) is 17.8. The smallest absolute Gasteiger partial charge is 0.137 e. The van der Waals surface area contributed by atoms with Crippen LogP contribution in [0.3, 0.4) is 0 Å². The third kappa shape index (κ3) is 4.86. The van der Waals surface area contributed by atoms with Crippen LogP contribution in [-0.4, -0.2) is 15.0 Å². The van der Waals surface area contributed by atoms with Crippen LogP contribution in [0.4, 0.5) is 17.1 Å². The molecule has 0 fully saturated rings. The SMILES string of the molecule is c1ccc(-c2cccc(N(c3ccc4c(c3)oc3cc5ccccc5cc34)c3ccc4ccc5ccc6nn(-c7ccccc7)nc6c5c4c3)c2)cc1. The zero-order valence-corrected chi connectivity index (χ0v) is 28.5. The van der Waals surface area contributed by atoms with Crippen LogP contribution < -0.4 is 4.90 Å². The Kier molecular flexibility index (Phi) is 6.48. The first kappa shape index (κ1) is 29.5. The molecule has 2 heterocycles. The molecule has 11 aromatic rings. The van der Waals surface area contributed by atoms with Gasteiger partial charge in [0.05, 0.1) is 5.69 Å². The summed E-state index contributed by atoms with van der Waals surface area (Å²) in [6, 6.07) is 64.1. The van der Waals surface area contributed by atoms with Crippen molar-refractivity contribution in [1.29, 1.82) is 0 Å². The lowest BCUT2D eigenvalue weighted by Gasteiger charge is -2.26. The van der Waals surface area contributed by atoms with E-state index in [2.05, 4.69) is 157 Å². The summed E-state index contributed by atoms with van der Waals surface area (Å²) in [6.07, 6.45) is 0. The van der Waals surface area contributed by atoms with E-state index in [9.17, 15) is 0 Å². The third-order valence-electron chi connectivity index (χ3n) is 10.4. The Morgan fingerprint density at radius 2 is 1.08 bits per heavy atom. The standard InChI is InChI=1S/C48H30N4O/c1-3-10-31(11-4-1)34-14-9-17-38(26-34)51(40-23-24-41-43-27-35-12-7-8-13-36(35)28-45(43)53-46(41)30-40)39-22-20-32-18-19-33-21-25-44-48(47(33)42(32)29-39)50-52(49-44)37-15-5-2-6-16-37/h1-30H. The van der Waals surface area contributed by atoms with Gasteiger partial charge < -0.3 is 9.32 Å². The van der Waals surface area contributed by atoms with Crippen molar-refractivity contribution in [3.63, 3.8) is 0 Å². The van der Waals surface area contributed by atoms with Gasteiger partial charge in [0.15, 0.2) is 0 Å². The summed E-state index contributed by atoms with van der Waals surface area (Å²) < 4.78 is 6.59. The van der Waals surface area contributed by atoms with Gasteiger partial charge in [0.2, 0.25) is 0 Å². The Morgan fingerprint density at radius 1 is 0.415 bits per heavy atom.